The van der Waals surface area contributed by atoms with Gasteiger partial charge in [-0.3, -0.25) is 4.79 Å². The van der Waals surface area contributed by atoms with Gasteiger partial charge in [0.05, 0.1) is 15.8 Å². The van der Waals surface area contributed by atoms with Crippen molar-refractivity contribution in [1.82, 2.24) is 25.1 Å². The summed E-state index contributed by atoms with van der Waals surface area (Å²) in [6.07, 6.45) is 1.80. The molecule has 4 N–H and O–H groups in total. The number of nitrogen functional groups attached to an aromatic ring is 1. The lowest BCUT2D eigenvalue weighted by atomic mass is 10.0. The van der Waals surface area contributed by atoms with E-state index >= 15 is 0 Å². The molecule has 5 aromatic rings. The minimum atomic E-state index is -3.94. The van der Waals surface area contributed by atoms with E-state index in [0.717, 1.165) is 16.9 Å². The molecule has 0 unspecified atom stereocenters. The predicted molar refractivity (Wildman–Crippen MR) is 123 cm³/mol. The van der Waals surface area contributed by atoms with Crippen LogP contribution in [0.1, 0.15) is 22.4 Å². The Labute approximate surface area is 186 Å². The largest absolute Gasteiger partial charge is 0.384 e. The highest BCUT2D eigenvalue weighted by atomic mass is 32.2. The van der Waals surface area contributed by atoms with Gasteiger partial charge in [-0.1, -0.05) is 35.1 Å². The molecule has 0 aliphatic heterocycles. The molecule has 0 radical (unpaired) electrons. The topological polar surface area (TPSA) is 147 Å². The molecule has 0 saturated carbocycles. The first-order valence-electron chi connectivity index (χ1n) is 9.66. The van der Waals surface area contributed by atoms with E-state index in [2.05, 4.69) is 25.1 Å². The molecule has 0 fully saturated rings. The van der Waals surface area contributed by atoms with E-state index in [-0.39, 0.29) is 14.8 Å². The van der Waals surface area contributed by atoms with Crippen molar-refractivity contribution in [2.75, 3.05) is 5.73 Å². The van der Waals surface area contributed by atoms with Gasteiger partial charge in [-0.2, -0.15) is 5.10 Å². The van der Waals surface area contributed by atoms with Crippen molar-refractivity contribution in [3.05, 3.63) is 69.3 Å². The van der Waals surface area contributed by atoms with E-state index < -0.39 is 9.84 Å². The molecule has 4 heterocycles. The third-order valence-corrected chi connectivity index (χ3v) is 8.61. The number of nitrogens with one attached hydrogen (secondary N) is 2. The summed E-state index contributed by atoms with van der Waals surface area (Å²) in [7, 11) is -3.94. The molecule has 0 spiro atoms. The van der Waals surface area contributed by atoms with Crippen LogP contribution in [0.5, 0.6) is 0 Å². The monoisotopic (exact) mass is 466 g/mol. The normalized spacial score (nSPS) is 12.1. The number of nitrogens with two attached hydrogens (primary N) is 1. The van der Waals surface area contributed by atoms with Crippen LogP contribution in [0, 0.1) is 13.8 Å². The fraction of sp³-hybridized carbons (Fsp3) is 0.143. The molecule has 0 bridgehead atoms. The van der Waals surface area contributed by atoms with Crippen LogP contribution in [0.4, 0.5) is 5.82 Å². The van der Waals surface area contributed by atoms with Crippen LogP contribution < -0.4 is 11.3 Å². The van der Waals surface area contributed by atoms with Gasteiger partial charge in [0, 0.05) is 17.5 Å². The lowest BCUT2D eigenvalue weighted by Crippen LogP contribution is -2.10. The minimum absolute atomic E-state index is 0.0466. The number of aryl methyl sites for hydroxylation is 2. The molecule has 162 valence electrons. The summed E-state index contributed by atoms with van der Waals surface area (Å²) >= 11 is 1.02. The third kappa shape index (κ3) is 3.26. The molecule has 0 aliphatic carbocycles. The molecule has 0 saturated heterocycles. The quantitative estimate of drug-likeness (QED) is 0.369. The maximum absolute atomic E-state index is 13.7. The number of anilines is 1. The first-order chi connectivity index (χ1) is 15.2. The second-order valence-corrected chi connectivity index (χ2v) is 10.6. The Morgan fingerprint density at radius 3 is 2.75 bits per heavy atom. The Hall–Kier alpha value is -3.57. The van der Waals surface area contributed by atoms with Gasteiger partial charge in [0.2, 0.25) is 14.2 Å². The molecule has 32 heavy (non-hydrogen) atoms. The molecule has 9 nitrogen and oxygen atoms in total. The first-order valence-corrected chi connectivity index (χ1v) is 12.0. The van der Waals surface area contributed by atoms with Crippen LogP contribution in [0.25, 0.3) is 21.3 Å². The van der Waals surface area contributed by atoms with Crippen molar-refractivity contribution in [3.63, 3.8) is 0 Å². The van der Waals surface area contributed by atoms with Crippen LogP contribution in [-0.2, 0) is 16.3 Å². The number of hydrogen-bond donors (Lipinski definition) is 3. The lowest BCUT2D eigenvalue weighted by Gasteiger charge is -2.13. The Kier molecular flexibility index (Phi) is 4.60. The van der Waals surface area contributed by atoms with E-state index in [0.29, 0.717) is 50.3 Å². The number of aromatic amines is 2. The van der Waals surface area contributed by atoms with Gasteiger partial charge in [-0.25, -0.2) is 23.5 Å². The van der Waals surface area contributed by atoms with Gasteiger partial charge >= 0.3 is 0 Å². The van der Waals surface area contributed by atoms with Gasteiger partial charge in [0.1, 0.15) is 11.3 Å². The zero-order valence-corrected chi connectivity index (χ0v) is 18.8. The zero-order valence-electron chi connectivity index (χ0n) is 17.1. The standard InChI is InChI=1S/C21H18N6O3S2/c1-10-6-11(2)18(12(7-10)8-13-4-3-5-15(22)24-13)32(29,30)21-26-19-17(31-21)14-9-23-27-20(28)16(14)25-19/h3-7,9,25H,8H2,1-2H3,(H2,22,24)(H,27,28). The highest BCUT2D eigenvalue weighted by molar-refractivity contribution is 7.93. The van der Waals surface area contributed by atoms with Gasteiger partial charge in [0.25, 0.3) is 5.56 Å². The molecular formula is C21H18N6O3S2. The number of aromatic nitrogens is 5. The highest BCUT2D eigenvalue weighted by Gasteiger charge is 2.29. The second-order valence-electron chi connectivity index (χ2n) is 7.57. The Morgan fingerprint density at radius 1 is 1.16 bits per heavy atom. The average molecular weight is 467 g/mol. The summed E-state index contributed by atoms with van der Waals surface area (Å²) in [5, 5.41) is 6.70. The molecule has 0 aliphatic rings. The van der Waals surface area contributed by atoms with E-state index in [1.165, 1.54) is 6.20 Å². The zero-order chi connectivity index (χ0) is 22.6. The number of H-pyrrole nitrogens is 2. The van der Waals surface area contributed by atoms with Crippen molar-refractivity contribution in [3.8, 4) is 0 Å². The SMILES string of the molecule is Cc1cc(C)c(S(=O)(=O)c2nc3[nH]c4c(=O)[nH]ncc4c3s2)c(Cc2cccc(N)n2)c1. The second kappa shape index (κ2) is 7.24. The fourth-order valence-electron chi connectivity index (χ4n) is 3.93. The van der Waals surface area contributed by atoms with Crippen molar-refractivity contribution >= 4 is 48.2 Å². The van der Waals surface area contributed by atoms with E-state index in [9.17, 15) is 13.2 Å². The van der Waals surface area contributed by atoms with E-state index in [1.54, 1.807) is 19.1 Å². The molecule has 1 aromatic carbocycles. The molecule has 11 heteroatoms. The van der Waals surface area contributed by atoms with Crippen LogP contribution in [0.2, 0.25) is 0 Å². The summed E-state index contributed by atoms with van der Waals surface area (Å²) in [6, 6.07) is 8.97. The number of thiazole rings is 1. The third-order valence-electron chi connectivity index (χ3n) is 5.15. The van der Waals surface area contributed by atoms with E-state index in [4.69, 9.17) is 5.73 Å². The summed E-state index contributed by atoms with van der Waals surface area (Å²) < 4.78 is 28.0. The van der Waals surface area contributed by atoms with Crippen LogP contribution in [0.15, 0.2) is 50.6 Å². The van der Waals surface area contributed by atoms with Crippen molar-refractivity contribution in [2.45, 2.75) is 29.5 Å². The number of sulfone groups is 1. The van der Waals surface area contributed by atoms with Crippen LogP contribution in [-0.4, -0.2) is 33.6 Å². The van der Waals surface area contributed by atoms with E-state index in [1.807, 2.05) is 25.1 Å². The maximum Gasteiger partial charge on any atom is 0.288 e. The summed E-state index contributed by atoms with van der Waals surface area (Å²) in [4.78, 5) is 23.7. The number of pyridine rings is 1. The average Bonchev–Trinajstić information content (AvgIpc) is 3.27. The molecule has 5 rings (SSSR count). The maximum atomic E-state index is 13.7. The van der Waals surface area contributed by atoms with Gasteiger partial charge in [0.15, 0.2) is 5.65 Å². The van der Waals surface area contributed by atoms with Crippen molar-refractivity contribution in [1.29, 1.82) is 0 Å². The first kappa shape index (κ1) is 20.3. The number of fused-ring (bicyclic) bond motifs is 3. The van der Waals surface area contributed by atoms with Crippen LogP contribution in [0.3, 0.4) is 0 Å². The summed E-state index contributed by atoms with van der Waals surface area (Å²) in [6.45, 7) is 3.69. The molecular weight excluding hydrogens is 448 g/mol. The van der Waals surface area contributed by atoms with Crippen molar-refractivity contribution in [2.24, 2.45) is 0 Å². The molecule has 4 aromatic heterocycles. The lowest BCUT2D eigenvalue weighted by molar-refractivity contribution is 0.594. The van der Waals surface area contributed by atoms with Crippen molar-refractivity contribution < 1.29 is 8.42 Å². The Morgan fingerprint density at radius 2 is 1.97 bits per heavy atom. The summed E-state index contributed by atoms with van der Waals surface area (Å²) in [5.41, 5.74) is 8.95. The smallest absolute Gasteiger partial charge is 0.288 e. The molecule has 0 amide bonds. The predicted octanol–water partition coefficient (Wildman–Crippen LogP) is 2.88. The van der Waals surface area contributed by atoms with Gasteiger partial charge in [-0.15, -0.1) is 0 Å². The van der Waals surface area contributed by atoms with Crippen LogP contribution >= 0.6 is 11.3 Å². The summed E-state index contributed by atoms with van der Waals surface area (Å²) in [5.74, 6) is 0.376. The number of hydrogen-bond acceptors (Lipinski definition) is 8. The minimum Gasteiger partial charge on any atom is -0.384 e. The number of rotatable bonds is 4. The number of nitrogens with zero attached hydrogens (tertiary/aromatic N) is 3. The van der Waals surface area contributed by atoms with Gasteiger partial charge in [-0.05, 0) is 37.1 Å². The highest BCUT2D eigenvalue weighted by Crippen LogP contribution is 2.36. The Balaban J connectivity index is 1.68. The number of benzene rings is 1. The van der Waals surface area contributed by atoms with Gasteiger partial charge < -0.3 is 10.7 Å². The molecule has 0 atom stereocenters. The Bertz CT molecular complexity index is 1680. The fourth-order valence-corrected chi connectivity index (χ4v) is 6.99.